The van der Waals surface area contributed by atoms with Gasteiger partial charge in [-0.15, -0.1) is 0 Å². The molecule has 0 amide bonds. The Bertz CT molecular complexity index is 494. The second-order valence-corrected chi connectivity index (χ2v) is 5.02. The molecule has 0 fully saturated rings. The van der Waals surface area contributed by atoms with E-state index >= 15 is 0 Å². The summed E-state index contributed by atoms with van der Waals surface area (Å²) in [5.74, 6) is 0.974. The number of hydrogen-bond acceptors (Lipinski definition) is 1. The topological polar surface area (TPSA) is 13.7 Å². The summed E-state index contributed by atoms with van der Waals surface area (Å²) in [6.45, 7) is 1.91. The maximum atomic E-state index is 5.93. The van der Waals surface area contributed by atoms with Crippen LogP contribution in [-0.2, 0) is 0 Å². The highest BCUT2D eigenvalue weighted by molar-refractivity contribution is 5.70. The standard InChI is InChI=1S/C17H21NO/c1-18(2)13-8-14-19-17-12-7-6-11-16(17)15-9-4-3-5-10-15/h3-7,9-12H,8,13-14H2,1-2H3/p+1. The summed E-state index contributed by atoms with van der Waals surface area (Å²) in [4.78, 5) is 1.46. The van der Waals surface area contributed by atoms with E-state index in [9.17, 15) is 0 Å². The molecule has 19 heavy (non-hydrogen) atoms. The Morgan fingerprint density at radius 2 is 1.58 bits per heavy atom. The van der Waals surface area contributed by atoms with Gasteiger partial charge < -0.3 is 9.64 Å². The Balaban J connectivity index is 2.05. The normalized spacial score (nSPS) is 10.7. The van der Waals surface area contributed by atoms with Crippen LogP contribution in [-0.4, -0.2) is 27.2 Å². The predicted octanol–water partition coefficient (Wildman–Crippen LogP) is 2.27. The van der Waals surface area contributed by atoms with E-state index in [4.69, 9.17) is 4.74 Å². The zero-order valence-electron chi connectivity index (χ0n) is 11.7. The summed E-state index contributed by atoms with van der Waals surface area (Å²) in [7, 11) is 4.33. The van der Waals surface area contributed by atoms with Crippen LogP contribution >= 0.6 is 0 Å². The number of rotatable bonds is 6. The van der Waals surface area contributed by atoms with E-state index in [1.807, 2.05) is 18.2 Å². The Morgan fingerprint density at radius 3 is 2.32 bits per heavy atom. The van der Waals surface area contributed by atoms with Crippen LogP contribution in [0.25, 0.3) is 11.1 Å². The van der Waals surface area contributed by atoms with Crippen LogP contribution < -0.4 is 9.64 Å². The van der Waals surface area contributed by atoms with E-state index in [0.29, 0.717) is 0 Å². The SMILES string of the molecule is C[NH+](C)CCCOc1ccccc1-c1ccccc1. The van der Waals surface area contributed by atoms with Crippen LogP contribution in [0.3, 0.4) is 0 Å². The van der Waals surface area contributed by atoms with Crippen molar-refractivity contribution in [2.24, 2.45) is 0 Å². The highest BCUT2D eigenvalue weighted by atomic mass is 16.5. The number of nitrogens with one attached hydrogen (secondary N) is 1. The van der Waals surface area contributed by atoms with Gasteiger partial charge in [0.1, 0.15) is 5.75 Å². The smallest absolute Gasteiger partial charge is 0.127 e. The minimum Gasteiger partial charge on any atom is -0.493 e. The number of para-hydroxylation sites is 1. The molecule has 0 aromatic heterocycles. The molecule has 2 aromatic carbocycles. The third-order valence-corrected chi connectivity index (χ3v) is 3.05. The minimum absolute atomic E-state index is 0.773. The van der Waals surface area contributed by atoms with E-state index in [-0.39, 0.29) is 0 Å². The fourth-order valence-corrected chi connectivity index (χ4v) is 2.06. The molecular weight excluding hydrogens is 234 g/mol. The Kier molecular flexibility index (Phi) is 4.99. The van der Waals surface area contributed by atoms with Crippen molar-refractivity contribution in [1.29, 1.82) is 0 Å². The molecule has 0 aliphatic heterocycles. The van der Waals surface area contributed by atoms with E-state index in [1.165, 1.54) is 16.0 Å². The lowest BCUT2D eigenvalue weighted by Gasteiger charge is -2.12. The van der Waals surface area contributed by atoms with E-state index in [2.05, 4.69) is 50.5 Å². The van der Waals surface area contributed by atoms with Crippen LogP contribution in [0, 0.1) is 0 Å². The van der Waals surface area contributed by atoms with Gasteiger partial charge in [0.05, 0.1) is 27.2 Å². The molecule has 1 N–H and O–H groups in total. The summed E-state index contributed by atoms with van der Waals surface area (Å²) >= 11 is 0. The van der Waals surface area contributed by atoms with Crippen molar-refractivity contribution >= 4 is 0 Å². The molecule has 0 aliphatic carbocycles. The molecule has 2 aromatic rings. The number of quaternary nitrogens is 1. The highest BCUT2D eigenvalue weighted by Crippen LogP contribution is 2.29. The lowest BCUT2D eigenvalue weighted by Crippen LogP contribution is -3.05. The summed E-state index contributed by atoms with van der Waals surface area (Å²) in [6, 6.07) is 18.6. The van der Waals surface area contributed by atoms with Crippen LogP contribution in [0.4, 0.5) is 0 Å². The van der Waals surface area contributed by atoms with Crippen molar-refractivity contribution in [3.8, 4) is 16.9 Å². The first-order valence-corrected chi connectivity index (χ1v) is 6.83. The van der Waals surface area contributed by atoms with Gasteiger partial charge in [-0.1, -0.05) is 48.5 Å². The maximum absolute atomic E-state index is 5.93. The molecule has 0 radical (unpaired) electrons. The average molecular weight is 256 g/mol. The predicted molar refractivity (Wildman–Crippen MR) is 79.7 cm³/mol. The summed E-state index contributed by atoms with van der Waals surface area (Å²) in [5, 5.41) is 0. The molecule has 2 heteroatoms. The largest absolute Gasteiger partial charge is 0.493 e. The number of ether oxygens (including phenoxy) is 1. The van der Waals surface area contributed by atoms with Crippen LogP contribution in [0.1, 0.15) is 6.42 Å². The van der Waals surface area contributed by atoms with Crippen molar-refractivity contribution in [3.05, 3.63) is 54.6 Å². The number of hydrogen-bond donors (Lipinski definition) is 1. The van der Waals surface area contributed by atoms with Crippen molar-refractivity contribution in [1.82, 2.24) is 0 Å². The van der Waals surface area contributed by atoms with E-state index in [0.717, 1.165) is 25.3 Å². The molecule has 100 valence electrons. The molecule has 2 rings (SSSR count). The van der Waals surface area contributed by atoms with Crippen molar-refractivity contribution in [2.75, 3.05) is 27.2 Å². The number of benzene rings is 2. The zero-order chi connectivity index (χ0) is 13.5. The van der Waals surface area contributed by atoms with Crippen molar-refractivity contribution < 1.29 is 9.64 Å². The fraction of sp³-hybridized carbons (Fsp3) is 0.294. The Labute approximate surface area is 115 Å². The third kappa shape index (κ3) is 4.11. The second-order valence-electron chi connectivity index (χ2n) is 5.02. The molecule has 0 aliphatic rings. The highest BCUT2D eigenvalue weighted by Gasteiger charge is 2.05. The molecular formula is C17H22NO+. The van der Waals surface area contributed by atoms with E-state index < -0.39 is 0 Å². The molecule has 0 bridgehead atoms. The van der Waals surface area contributed by atoms with Gasteiger partial charge >= 0.3 is 0 Å². The lowest BCUT2D eigenvalue weighted by molar-refractivity contribution is -0.858. The van der Waals surface area contributed by atoms with Gasteiger partial charge in [-0.2, -0.15) is 0 Å². The first-order chi connectivity index (χ1) is 9.27. The maximum Gasteiger partial charge on any atom is 0.127 e. The molecule has 0 unspecified atom stereocenters. The first kappa shape index (κ1) is 13.6. The van der Waals surface area contributed by atoms with Crippen molar-refractivity contribution in [2.45, 2.75) is 6.42 Å². The summed E-state index contributed by atoms with van der Waals surface area (Å²) < 4.78 is 5.93. The van der Waals surface area contributed by atoms with Gasteiger partial charge in [0.2, 0.25) is 0 Å². The lowest BCUT2D eigenvalue weighted by atomic mass is 10.1. The van der Waals surface area contributed by atoms with Gasteiger partial charge in [-0.25, -0.2) is 0 Å². The molecule has 0 saturated carbocycles. The quantitative estimate of drug-likeness (QED) is 0.783. The van der Waals surface area contributed by atoms with Crippen LogP contribution in [0.2, 0.25) is 0 Å². The zero-order valence-corrected chi connectivity index (χ0v) is 11.7. The van der Waals surface area contributed by atoms with Crippen molar-refractivity contribution in [3.63, 3.8) is 0 Å². The Morgan fingerprint density at radius 1 is 0.895 bits per heavy atom. The van der Waals surface area contributed by atoms with Gasteiger partial charge in [0.15, 0.2) is 0 Å². The first-order valence-electron chi connectivity index (χ1n) is 6.83. The fourth-order valence-electron chi connectivity index (χ4n) is 2.06. The molecule has 0 heterocycles. The van der Waals surface area contributed by atoms with Crippen LogP contribution in [0.15, 0.2) is 54.6 Å². The van der Waals surface area contributed by atoms with E-state index in [1.54, 1.807) is 0 Å². The van der Waals surface area contributed by atoms with Crippen LogP contribution in [0.5, 0.6) is 5.75 Å². The average Bonchev–Trinajstić information content (AvgIpc) is 2.45. The second kappa shape index (κ2) is 6.95. The summed E-state index contributed by atoms with van der Waals surface area (Å²) in [5.41, 5.74) is 2.37. The van der Waals surface area contributed by atoms with Gasteiger partial charge in [-0.3, -0.25) is 0 Å². The monoisotopic (exact) mass is 256 g/mol. The van der Waals surface area contributed by atoms with Gasteiger partial charge in [0, 0.05) is 12.0 Å². The Hall–Kier alpha value is -1.80. The summed E-state index contributed by atoms with van der Waals surface area (Å²) in [6.07, 6.45) is 1.07. The molecule has 0 atom stereocenters. The molecule has 0 saturated heterocycles. The molecule has 2 nitrogen and oxygen atoms in total. The molecule has 0 spiro atoms. The third-order valence-electron chi connectivity index (χ3n) is 3.05. The van der Waals surface area contributed by atoms with Gasteiger partial charge in [0.25, 0.3) is 0 Å². The van der Waals surface area contributed by atoms with Gasteiger partial charge in [-0.05, 0) is 11.6 Å². The minimum atomic E-state index is 0.773.